The Kier molecular flexibility index (Phi) is 5.97. The molecule has 0 aliphatic carbocycles. The zero-order chi connectivity index (χ0) is 21.7. The van der Waals surface area contributed by atoms with Crippen molar-refractivity contribution in [1.29, 1.82) is 0 Å². The van der Waals surface area contributed by atoms with Crippen LogP contribution in [0.25, 0.3) is 5.69 Å². The summed E-state index contributed by atoms with van der Waals surface area (Å²) in [6.07, 6.45) is 0.899. The third kappa shape index (κ3) is 4.22. The van der Waals surface area contributed by atoms with E-state index < -0.39 is 23.0 Å². The fourth-order valence-electron chi connectivity index (χ4n) is 2.63. The molecule has 3 rings (SSSR count). The molecule has 1 amide bonds. The number of phenols is 1. The second-order valence-corrected chi connectivity index (χ2v) is 5.98. The van der Waals surface area contributed by atoms with Gasteiger partial charge in [-0.15, -0.1) is 0 Å². The molecule has 0 fully saturated rings. The highest BCUT2D eigenvalue weighted by Crippen LogP contribution is 2.19. The van der Waals surface area contributed by atoms with Crippen LogP contribution >= 0.6 is 0 Å². The molecule has 4 N–H and O–H groups in total. The van der Waals surface area contributed by atoms with E-state index in [4.69, 9.17) is 4.74 Å². The number of ether oxygens (including phenoxy) is 1. The lowest BCUT2D eigenvalue weighted by Gasteiger charge is -2.10. The molecule has 10 heteroatoms. The number of carbonyl (C=O) groups is 1. The van der Waals surface area contributed by atoms with Crippen LogP contribution in [0.1, 0.15) is 22.8 Å². The van der Waals surface area contributed by atoms with E-state index >= 15 is 0 Å². The minimum absolute atomic E-state index is 0.0212. The van der Waals surface area contributed by atoms with Crippen LogP contribution in [0.4, 0.5) is 0 Å². The van der Waals surface area contributed by atoms with Gasteiger partial charge in [-0.1, -0.05) is 12.1 Å². The SMILES string of the molecule is CCOc1ccc(-n2c(O)c(C=NNC(=O)c3ccccc3O)c(=O)[nH]c2=O)cc1. The van der Waals surface area contributed by atoms with Crippen LogP contribution in [-0.4, -0.2) is 38.5 Å². The third-order valence-electron chi connectivity index (χ3n) is 4.04. The summed E-state index contributed by atoms with van der Waals surface area (Å²) in [6.45, 7) is 2.30. The van der Waals surface area contributed by atoms with Gasteiger partial charge in [0.1, 0.15) is 17.1 Å². The Labute approximate surface area is 169 Å². The third-order valence-corrected chi connectivity index (χ3v) is 4.04. The van der Waals surface area contributed by atoms with Crippen LogP contribution in [0, 0.1) is 0 Å². The van der Waals surface area contributed by atoms with Gasteiger partial charge in [0.15, 0.2) is 0 Å². The molecule has 0 saturated carbocycles. The monoisotopic (exact) mass is 410 g/mol. The molecule has 0 aliphatic rings. The van der Waals surface area contributed by atoms with Crippen LogP contribution in [0.5, 0.6) is 17.4 Å². The number of benzene rings is 2. The smallest absolute Gasteiger partial charge is 0.335 e. The Morgan fingerprint density at radius 1 is 1.17 bits per heavy atom. The molecule has 10 nitrogen and oxygen atoms in total. The van der Waals surface area contributed by atoms with Crippen molar-refractivity contribution in [2.24, 2.45) is 5.10 Å². The van der Waals surface area contributed by atoms with E-state index in [1.165, 1.54) is 24.3 Å². The summed E-state index contributed by atoms with van der Waals surface area (Å²) in [6, 6.07) is 12.1. The first-order chi connectivity index (χ1) is 14.4. The first-order valence-electron chi connectivity index (χ1n) is 8.85. The molecule has 0 atom stereocenters. The highest BCUT2D eigenvalue weighted by atomic mass is 16.5. The van der Waals surface area contributed by atoms with Crippen molar-refractivity contribution in [3.63, 3.8) is 0 Å². The van der Waals surface area contributed by atoms with Gasteiger partial charge in [-0.3, -0.25) is 14.6 Å². The number of hydrogen-bond donors (Lipinski definition) is 4. The number of phenolic OH excluding ortho intramolecular Hbond substituents is 1. The minimum atomic E-state index is -0.889. The zero-order valence-electron chi connectivity index (χ0n) is 15.8. The van der Waals surface area contributed by atoms with Crippen LogP contribution in [-0.2, 0) is 0 Å². The Balaban J connectivity index is 1.90. The minimum Gasteiger partial charge on any atom is -0.507 e. The van der Waals surface area contributed by atoms with Gasteiger partial charge < -0.3 is 14.9 Å². The van der Waals surface area contributed by atoms with Crippen molar-refractivity contribution >= 4 is 12.1 Å². The molecule has 1 aromatic heterocycles. The molecule has 0 radical (unpaired) electrons. The normalized spacial score (nSPS) is 10.8. The number of aromatic amines is 1. The molecule has 0 unspecified atom stereocenters. The molecular weight excluding hydrogens is 392 g/mol. The Hall–Kier alpha value is -4.34. The number of aromatic hydroxyl groups is 2. The van der Waals surface area contributed by atoms with Crippen LogP contribution in [0.2, 0.25) is 0 Å². The largest absolute Gasteiger partial charge is 0.507 e. The van der Waals surface area contributed by atoms with Crippen molar-refractivity contribution in [3.05, 3.63) is 80.5 Å². The molecule has 154 valence electrons. The predicted molar refractivity (Wildman–Crippen MR) is 109 cm³/mol. The summed E-state index contributed by atoms with van der Waals surface area (Å²) in [5, 5.41) is 23.8. The van der Waals surface area contributed by atoms with E-state index in [-0.39, 0.29) is 22.6 Å². The molecule has 0 saturated heterocycles. The van der Waals surface area contributed by atoms with Gasteiger partial charge in [0.2, 0.25) is 5.88 Å². The average Bonchev–Trinajstić information content (AvgIpc) is 2.72. The molecule has 0 spiro atoms. The van der Waals surface area contributed by atoms with Crippen molar-refractivity contribution in [3.8, 4) is 23.1 Å². The quantitative estimate of drug-likeness (QED) is 0.354. The standard InChI is InChI=1S/C20H18N4O6/c1-2-30-13-9-7-12(8-10-13)24-19(28)15(17(26)22-20(24)29)11-21-23-18(27)14-5-3-4-6-16(14)25/h3-11,25,28H,2H2,1H3,(H,23,27)(H,22,26,29). The summed E-state index contributed by atoms with van der Waals surface area (Å²) in [4.78, 5) is 38.4. The molecular formula is C20H18N4O6. The maximum atomic E-state index is 12.2. The number of nitrogens with zero attached hydrogens (tertiary/aromatic N) is 2. The molecule has 3 aromatic rings. The van der Waals surface area contributed by atoms with E-state index in [2.05, 4.69) is 15.5 Å². The Morgan fingerprint density at radius 3 is 2.53 bits per heavy atom. The van der Waals surface area contributed by atoms with Gasteiger partial charge in [0, 0.05) is 0 Å². The number of hydrogen-bond acceptors (Lipinski definition) is 7. The number of H-pyrrole nitrogens is 1. The van der Waals surface area contributed by atoms with Gasteiger partial charge in [0.25, 0.3) is 11.5 Å². The number of para-hydroxylation sites is 1. The van der Waals surface area contributed by atoms with Crippen molar-refractivity contribution in [1.82, 2.24) is 15.0 Å². The maximum Gasteiger partial charge on any atom is 0.335 e. The van der Waals surface area contributed by atoms with Crippen LogP contribution < -0.4 is 21.4 Å². The fraction of sp³-hybridized carbons (Fsp3) is 0.100. The molecule has 30 heavy (non-hydrogen) atoms. The number of rotatable bonds is 6. The summed E-state index contributed by atoms with van der Waals surface area (Å²) in [5.41, 5.74) is 0.317. The van der Waals surface area contributed by atoms with Gasteiger partial charge in [-0.2, -0.15) is 5.10 Å². The van der Waals surface area contributed by atoms with E-state index in [9.17, 15) is 24.6 Å². The lowest BCUT2D eigenvalue weighted by molar-refractivity contribution is 0.0952. The van der Waals surface area contributed by atoms with E-state index in [0.29, 0.717) is 12.4 Å². The number of aromatic nitrogens is 2. The zero-order valence-corrected chi connectivity index (χ0v) is 15.8. The number of carbonyl (C=O) groups excluding carboxylic acids is 1. The van der Waals surface area contributed by atoms with Gasteiger partial charge >= 0.3 is 5.69 Å². The number of hydrazone groups is 1. The fourth-order valence-corrected chi connectivity index (χ4v) is 2.63. The van der Waals surface area contributed by atoms with Gasteiger partial charge in [-0.05, 0) is 43.3 Å². The summed E-state index contributed by atoms with van der Waals surface area (Å²) < 4.78 is 6.21. The molecule has 0 aliphatic heterocycles. The lowest BCUT2D eigenvalue weighted by Crippen LogP contribution is -2.31. The second kappa shape index (κ2) is 8.78. The van der Waals surface area contributed by atoms with Crippen molar-refractivity contribution in [2.45, 2.75) is 6.92 Å². The first-order valence-corrected chi connectivity index (χ1v) is 8.85. The Morgan fingerprint density at radius 2 is 1.87 bits per heavy atom. The van der Waals surface area contributed by atoms with E-state index in [1.807, 2.05) is 6.92 Å². The second-order valence-electron chi connectivity index (χ2n) is 5.98. The molecule has 1 heterocycles. The maximum absolute atomic E-state index is 12.2. The first kappa shape index (κ1) is 20.4. The number of amides is 1. The molecule has 2 aromatic carbocycles. The highest BCUT2D eigenvalue weighted by molar-refractivity contribution is 5.97. The Bertz CT molecular complexity index is 1210. The van der Waals surface area contributed by atoms with E-state index in [1.54, 1.807) is 24.3 Å². The van der Waals surface area contributed by atoms with Crippen molar-refractivity contribution < 1.29 is 19.7 Å². The summed E-state index contributed by atoms with van der Waals surface area (Å²) in [5.74, 6) is -1.05. The lowest BCUT2D eigenvalue weighted by atomic mass is 10.2. The summed E-state index contributed by atoms with van der Waals surface area (Å²) >= 11 is 0. The number of nitrogens with one attached hydrogen (secondary N) is 2. The van der Waals surface area contributed by atoms with Gasteiger partial charge in [0.05, 0.1) is 24.1 Å². The highest BCUT2D eigenvalue weighted by Gasteiger charge is 2.15. The van der Waals surface area contributed by atoms with Crippen LogP contribution in [0.15, 0.2) is 63.2 Å². The predicted octanol–water partition coefficient (Wildman–Crippen LogP) is 1.10. The van der Waals surface area contributed by atoms with Gasteiger partial charge in [-0.25, -0.2) is 14.8 Å². The topological polar surface area (TPSA) is 146 Å². The van der Waals surface area contributed by atoms with Crippen molar-refractivity contribution in [2.75, 3.05) is 6.61 Å². The summed E-state index contributed by atoms with van der Waals surface area (Å²) in [7, 11) is 0. The molecule has 0 bridgehead atoms. The van der Waals surface area contributed by atoms with E-state index in [0.717, 1.165) is 10.8 Å². The van der Waals surface area contributed by atoms with Crippen LogP contribution in [0.3, 0.4) is 0 Å². The average molecular weight is 410 g/mol.